The Kier molecular flexibility index (Phi) is 10.5. The van der Waals surface area contributed by atoms with Crippen molar-refractivity contribution in [1.82, 2.24) is 7.79 Å². The predicted molar refractivity (Wildman–Crippen MR) is 71.8 cm³/mol. The zero-order chi connectivity index (χ0) is 11.7. The first-order valence-electron chi connectivity index (χ1n) is 6.54. The summed E-state index contributed by atoms with van der Waals surface area (Å²) in [6, 6.07) is 0. The van der Waals surface area contributed by atoms with Crippen molar-refractivity contribution in [1.29, 1.82) is 0 Å². The molecule has 0 aliphatic carbocycles. The van der Waals surface area contributed by atoms with Crippen molar-refractivity contribution in [2.24, 2.45) is 0 Å². The molecule has 3 heteroatoms. The van der Waals surface area contributed by atoms with Gasteiger partial charge in [-0.3, -0.25) is 0 Å². The van der Waals surface area contributed by atoms with E-state index in [0.717, 1.165) is 0 Å². The third kappa shape index (κ3) is 7.64. The Bertz CT molecular complexity index is 134. The van der Waals surface area contributed by atoms with Crippen LogP contribution in [0.4, 0.5) is 0 Å². The van der Waals surface area contributed by atoms with Crippen LogP contribution in [0.2, 0.25) is 8.35 Å². The van der Waals surface area contributed by atoms with Gasteiger partial charge in [0.2, 0.25) is 0 Å². The summed E-state index contributed by atoms with van der Waals surface area (Å²) in [6.07, 6.45) is 2.80. The summed E-state index contributed by atoms with van der Waals surface area (Å²) in [5, 5.41) is 0. The molecule has 0 aromatic heterocycles. The van der Waals surface area contributed by atoms with Crippen LogP contribution in [-0.4, -0.2) is 63.2 Å². The Hall–Kier alpha value is 0.790. The van der Waals surface area contributed by atoms with Gasteiger partial charge >= 0.3 is 105 Å². The number of hydrogen-bond donors (Lipinski definition) is 0. The molecular formula is C12H29InN2. The fourth-order valence-electron chi connectivity index (χ4n) is 2.10. The molecule has 0 rings (SSSR count). The van der Waals surface area contributed by atoms with E-state index >= 15 is 0 Å². The number of nitrogens with zero attached hydrogens (tertiary/aromatic N) is 2. The van der Waals surface area contributed by atoms with Gasteiger partial charge in [0, 0.05) is 0 Å². The Balaban J connectivity index is 4.05. The quantitative estimate of drug-likeness (QED) is 0.645. The van der Waals surface area contributed by atoms with Crippen LogP contribution in [0.1, 0.15) is 33.6 Å². The number of rotatable bonds is 9. The normalized spacial score (nSPS) is 11.4. The Morgan fingerprint density at radius 2 is 1.40 bits per heavy atom. The van der Waals surface area contributed by atoms with Gasteiger partial charge in [-0.15, -0.1) is 0 Å². The summed E-state index contributed by atoms with van der Waals surface area (Å²) in [4.78, 5) is 2.31. The molecule has 0 saturated carbocycles. The van der Waals surface area contributed by atoms with Crippen LogP contribution < -0.4 is 0 Å². The van der Waals surface area contributed by atoms with Crippen molar-refractivity contribution in [3.05, 3.63) is 0 Å². The predicted octanol–water partition coefficient (Wildman–Crippen LogP) is 2.68. The fourth-order valence-corrected chi connectivity index (χ4v) is 11.7. The second kappa shape index (κ2) is 9.98. The van der Waals surface area contributed by atoms with Gasteiger partial charge < -0.3 is 0 Å². The van der Waals surface area contributed by atoms with E-state index in [1.807, 2.05) is 0 Å². The second-order valence-corrected chi connectivity index (χ2v) is 13.8. The second-order valence-electron chi connectivity index (χ2n) is 4.66. The topological polar surface area (TPSA) is 6.48 Å². The summed E-state index contributed by atoms with van der Waals surface area (Å²) in [5.41, 5.74) is 0. The standard InChI is InChI=1S/C6H15N2.2C3H7.In/c1-4-7-5-6-8(2)3;2*1-3-2;/h4-6H2,1-3H3;2*1,3H2,2H3;/q-1;;;+1. The molecule has 0 radical (unpaired) electrons. The Morgan fingerprint density at radius 3 is 1.73 bits per heavy atom. The molecule has 0 amide bonds. The van der Waals surface area contributed by atoms with Crippen LogP contribution >= 0.6 is 0 Å². The molecule has 90 valence electrons. The Morgan fingerprint density at radius 1 is 0.867 bits per heavy atom. The van der Waals surface area contributed by atoms with Gasteiger partial charge in [0.15, 0.2) is 0 Å². The van der Waals surface area contributed by atoms with E-state index in [9.17, 15) is 0 Å². The molecule has 0 atom stereocenters. The van der Waals surface area contributed by atoms with Crippen molar-refractivity contribution in [3.63, 3.8) is 0 Å². The van der Waals surface area contributed by atoms with E-state index in [-0.39, 0.29) is 0 Å². The molecule has 0 spiro atoms. The average Bonchev–Trinajstić information content (AvgIpc) is 2.19. The molecule has 2 nitrogen and oxygen atoms in total. The molecule has 0 bridgehead atoms. The molecule has 0 unspecified atom stereocenters. The summed E-state index contributed by atoms with van der Waals surface area (Å²) < 4.78 is 5.99. The summed E-state index contributed by atoms with van der Waals surface area (Å²) in [6.45, 7) is 10.9. The van der Waals surface area contributed by atoms with Crippen LogP contribution in [0.3, 0.4) is 0 Å². The van der Waals surface area contributed by atoms with E-state index in [1.165, 1.54) is 32.5 Å². The molecule has 0 saturated heterocycles. The van der Waals surface area contributed by atoms with E-state index < -0.39 is 21.7 Å². The van der Waals surface area contributed by atoms with Crippen LogP contribution in [0.25, 0.3) is 0 Å². The van der Waals surface area contributed by atoms with Gasteiger partial charge in [-0.2, -0.15) is 0 Å². The van der Waals surface area contributed by atoms with E-state index in [2.05, 4.69) is 42.7 Å². The van der Waals surface area contributed by atoms with Gasteiger partial charge in [0.05, 0.1) is 0 Å². The molecule has 0 aliphatic rings. The monoisotopic (exact) mass is 316 g/mol. The van der Waals surface area contributed by atoms with E-state index in [0.29, 0.717) is 0 Å². The van der Waals surface area contributed by atoms with E-state index in [1.54, 1.807) is 8.35 Å². The van der Waals surface area contributed by atoms with Gasteiger partial charge in [0.25, 0.3) is 0 Å². The molecule has 0 fully saturated rings. The van der Waals surface area contributed by atoms with Crippen LogP contribution in [-0.2, 0) is 0 Å². The zero-order valence-corrected chi connectivity index (χ0v) is 14.7. The summed E-state index contributed by atoms with van der Waals surface area (Å²) >= 11 is -1.32. The van der Waals surface area contributed by atoms with Gasteiger partial charge in [0.1, 0.15) is 0 Å². The van der Waals surface area contributed by atoms with Crippen molar-refractivity contribution < 1.29 is 0 Å². The molecule has 0 aliphatic heterocycles. The molecule has 0 N–H and O–H groups in total. The summed E-state index contributed by atoms with van der Waals surface area (Å²) in [5.74, 6) is 0. The fraction of sp³-hybridized carbons (Fsp3) is 1.00. The minimum absolute atomic E-state index is 1.23. The van der Waals surface area contributed by atoms with Crippen molar-refractivity contribution in [3.8, 4) is 0 Å². The first kappa shape index (κ1) is 15.8. The molecule has 0 heterocycles. The molecule has 15 heavy (non-hydrogen) atoms. The van der Waals surface area contributed by atoms with Gasteiger partial charge in [-0.1, -0.05) is 0 Å². The number of hydrogen-bond acceptors (Lipinski definition) is 2. The Labute approximate surface area is 105 Å². The maximum absolute atomic E-state index is 2.86. The SMILES string of the molecule is CC[CH2][In]([CH2]CC)[N](CC)CCN(C)C. The average molecular weight is 316 g/mol. The van der Waals surface area contributed by atoms with Crippen molar-refractivity contribution in [2.75, 3.05) is 33.7 Å². The van der Waals surface area contributed by atoms with Crippen LogP contribution in [0, 0.1) is 0 Å². The molecular weight excluding hydrogens is 287 g/mol. The first-order chi connectivity index (χ1) is 7.15. The molecule has 0 aromatic rings. The third-order valence-electron chi connectivity index (χ3n) is 3.00. The minimum atomic E-state index is -1.32. The van der Waals surface area contributed by atoms with Crippen LogP contribution in [0.15, 0.2) is 0 Å². The van der Waals surface area contributed by atoms with Gasteiger partial charge in [-0.25, -0.2) is 0 Å². The van der Waals surface area contributed by atoms with E-state index in [4.69, 9.17) is 0 Å². The summed E-state index contributed by atoms with van der Waals surface area (Å²) in [7, 11) is 4.36. The number of likely N-dealkylation sites (N-methyl/N-ethyl adjacent to an activating group) is 2. The first-order valence-corrected chi connectivity index (χ1v) is 12.7. The third-order valence-corrected chi connectivity index (χ3v) is 14.8. The maximum atomic E-state index is 2.86. The van der Waals surface area contributed by atoms with Crippen molar-refractivity contribution in [2.45, 2.75) is 42.0 Å². The van der Waals surface area contributed by atoms with Crippen LogP contribution in [0.5, 0.6) is 0 Å². The molecule has 0 aromatic carbocycles. The van der Waals surface area contributed by atoms with Gasteiger partial charge in [-0.05, 0) is 0 Å². The zero-order valence-electron chi connectivity index (χ0n) is 11.4. The van der Waals surface area contributed by atoms with Crippen molar-refractivity contribution >= 4 is 21.7 Å².